The van der Waals surface area contributed by atoms with Crippen LogP contribution in [0.25, 0.3) is 0 Å². The smallest absolute Gasteiger partial charge is 0.550 e. The number of aliphatic carboxylic acids is 1. The molecule has 0 aromatic heterocycles. The number of hydrogen-bond donors (Lipinski definition) is 0. The summed E-state index contributed by atoms with van der Waals surface area (Å²) in [6, 6.07) is 0. The maximum Gasteiger partial charge on any atom is 2.00 e. The minimum Gasteiger partial charge on any atom is -0.550 e. The summed E-state index contributed by atoms with van der Waals surface area (Å²) in [6.45, 7) is 0.972. The Hall–Kier alpha value is -0.811. The van der Waals surface area contributed by atoms with E-state index in [4.69, 9.17) is 25.2 Å². The van der Waals surface area contributed by atoms with Crippen LogP contribution in [0, 0.1) is 15.3 Å². The molecule has 7 heteroatoms. The summed E-state index contributed by atoms with van der Waals surface area (Å²) in [5.74, 6) is -1.08. The average Bonchev–Trinajstić information content (AvgIpc) is 1.25. The topological polar surface area (TPSA) is 106 Å². The van der Waals surface area contributed by atoms with E-state index in [2.05, 4.69) is 0 Å². The third-order valence-corrected chi connectivity index (χ3v) is 0. The van der Waals surface area contributed by atoms with E-state index in [0.29, 0.717) is 0 Å². The van der Waals surface area contributed by atoms with Crippen LogP contribution in [0.3, 0.4) is 0 Å². The van der Waals surface area contributed by atoms with Gasteiger partial charge in [0.2, 0.25) is 0 Å². The predicted octanol–water partition coefficient (Wildman–Crippen LogP) is -1.49. The number of carboxylic acid groups (broad SMARTS) is 1. The molecule has 0 spiro atoms. The van der Waals surface area contributed by atoms with Gasteiger partial charge in [0.25, 0.3) is 0 Å². The fourth-order valence-electron chi connectivity index (χ4n) is 0. The molecule has 9 heavy (non-hydrogen) atoms. The van der Waals surface area contributed by atoms with Crippen molar-refractivity contribution in [1.82, 2.24) is 0 Å². The summed E-state index contributed by atoms with van der Waals surface area (Å²) in [5.41, 5.74) is 0. The Balaban J connectivity index is -0.0000000720. The van der Waals surface area contributed by atoms with Crippen LogP contribution < -0.4 is 5.11 Å². The normalized spacial score (nSPS) is 5.44. The molecule has 0 amide bonds. The minimum atomic E-state index is -1.75. The van der Waals surface area contributed by atoms with Gasteiger partial charge in [0.15, 0.2) is 0 Å². The van der Waals surface area contributed by atoms with Crippen LogP contribution in [0.4, 0.5) is 0 Å². The van der Waals surface area contributed by atoms with Crippen molar-refractivity contribution in [3.63, 3.8) is 0 Å². The molecule has 1 radical (unpaired) electrons. The summed E-state index contributed by atoms with van der Waals surface area (Å²) in [5, 5.41) is 23.6. The summed E-state index contributed by atoms with van der Waals surface area (Å²) in [4.78, 5) is 17.1. The second kappa shape index (κ2) is 10.2. The quantitative estimate of drug-likeness (QED) is 0.254. The number of rotatable bonds is 0. The molecule has 0 unspecified atom stereocenters. The Morgan fingerprint density at radius 1 is 1.44 bits per heavy atom. The van der Waals surface area contributed by atoms with Gasteiger partial charge in [-0.15, -0.1) is 0 Å². The van der Waals surface area contributed by atoms with Gasteiger partial charge in [-0.1, -0.05) is 0 Å². The molecule has 0 fully saturated rings. The van der Waals surface area contributed by atoms with E-state index in [0.717, 1.165) is 6.92 Å². The molecule has 0 aliphatic heterocycles. The third-order valence-electron chi connectivity index (χ3n) is 0. The maximum absolute atomic E-state index is 8.89. The first-order valence-electron chi connectivity index (χ1n) is 1.46. The first kappa shape index (κ1) is 15.7. The Morgan fingerprint density at radius 3 is 1.44 bits per heavy atom. The average molecular weight is 176 g/mol. The predicted molar refractivity (Wildman–Crippen MR) is 21.0 cm³/mol. The van der Waals surface area contributed by atoms with E-state index in [1.54, 1.807) is 0 Å². The number of carboxylic acids is 1. The molecule has 0 N–H and O–H groups in total. The van der Waals surface area contributed by atoms with Gasteiger partial charge in [-0.25, -0.2) is 0 Å². The van der Waals surface area contributed by atoms with Gasteiger partial charge in [0.05, 0.1) is 5.09 Å². The zero-order valence-corrected chi connectivity index (χ0v) is 5.55. The van der Waals surface area contributed by atoms with E-state index in [-0.39, 0.29) is 17.1 Å². The van der Waals surface area contributed by atoms with Crippen molar-refractivity contribution in [2.75, 3.05) is 0 Å². The van der Waals surface area contributed by atoms with Gasteiger partial charge in [0.1, 0.15) is 0 Å². The fourth-order valence-corrected chi connectivity index (χ4v) is 0. The van der Waals surface area contributed by atoms with Crippen molar-refractivity contribution in [3.05, 3.63) is 15.3 Å². The molecule has 0 atom stereocenters. The number of carbonyl (C=O) groups excluding carboxylic acids is 1. The second-order valence-corrected chi connectivity index (χ2v) is 0.715. The van der Waals surface area contributed by atoms with Gasteiger partial charge in [-0.2, -0.15) is 0 Å². The molecule has 0 aromatic rings. The van der Waals surface area contributed by atoms with Gasteiger partial charge in [-0.05, 0) is 6.92 Å². The summed E-state index contributed by atoms with van der Waals surface area (Å²) in [6.07, 6.45) is 0. The number of carbonyl (C=O) groups is 1. The molecule has 0 bridgehead atoms. The van der Waals surface area contributed by atoms with Crippen LogP contribution in [-0.2, 0) is 21.9 Å². The Morgan fingerprint density at radius 2 is 1.44 bits per heavy atom. The monoisotopic (exact) mass is 176 g/mol. The van der Waals surface area contributed by atoms with Crippen molar-refractivity contribution in [2.45, 2.75) is 6.92 Å². The first-order valence-corrected chi connectivity index (χ1v) is 1.46. The molecule has 0 rings (SSSR count). The van der Waals surface area contributed by atoms with Gasteiger partial charge < -0.3 is 25.2 Å². The van der Waals surface area contributed by atoms with E-state index in [9.17, 15) is 0 Å². The molecule has 0 aromatic carbocycles. The van der Waals surface area contributed by atoms with Gasteiger partial charge in [-0.3, -0.25) is 0 Å². The van der Waals surface area contributed by atoms with Crippen molar-refractivity contribution in [3.8, 4) is 0 Å². The second-order valence-electron chi connectivity index (χ2n) is 0.715. The van der Waals surface area contributed by atoms with E-state index in [1.165, 1.54) is 0 Å². The maximum atomic E-state index is 8.89. The Labute approximate surface area is 61.1 Å². The summed E-state index contributed by atoms with van der Waals surface area (Å²) < 4.78 is 0. The molecule has 0 aliphatic rings. The standard InChI is InChI=1S/C2H4O2.Mn.NO3/c1-2(3)4;;2-1(3)4/h1H3,(H,3,4);;/q;+2;-1/p-1. The molecular weight excluding hydrogens is 173 g/mol. The molecule has 53 valence electrons. The Kier molecular flexibility index (Phi) is 17.9. The van der Waals surface area contributed by atoms with Gasteiger partial charge >= 0.3 is 17.1 Å². The van der Waals surface area contributed by atoms with Crippen molar-refractivity contribution in [2.24, 2.45) is 0 Å². The molecule has 6 nitrogen and oxygen atoms in total. The zero-order chi connectivity index (χ0) is 7.15. The van der Waals surface area contributed by atoms with Crippen LogP contribution in [0.2, 0.25) is 0 Å². The minimum absolute atomic E-state index is 0. The van der Waals surface area contributed by atoms with Crippen LogP contribution >= 0.6 is 0 Å². The number of hydrogen-bond acceptors (Lipinski definition) is 5. The molecule has 0 heterocycles. The zero-order valence-electron chi connectivity index (χ0n) is 4.37. The summed E-state index contributed by atoms with van der Waals surface area (Å²) in [7, 11) is 0. The third kappa shape index (κ3) is 295. The van der Waals surface area contributed by atoms with Crippen LogP contribution in [0.1, 0.15) is 6.92 Å². The first-order chi connectivity index (χ1) is 3.46. The molecular formula is C2H3MnNO5. The van der Waals surface area contributed by atoms with Crippen molar-refractivity contribution < 1.29 is 32.1 Å². The molecule has 0 saturated carbocycles. The number of nitrogens with zero attached hydrogens (tertiary/aromatic N) is 1. The van der Waals surface area contributed by atoms with Crippen molar-refractivity contribution in [1.29, 1.82) is 0 Å². The van der Waals surface area contributed by atoms with Crippen LogP contribution in [0.5, 0.6) is 0 Å². The van der Waals surface area contributed by atoms with Crippen LogP contribution in [0.15, 0.2) is 0 Å². The van der Waals surface area contributed by atoms with E-state index in [1.807, 2.05) is 0 Å². The van der Waals surface area contributed by atoms with Gasteiger partial charge in [0, 0.05) is 5.97 Å². The molecule has 0 aliphatic carbocycles. The van der Waals surface area contributed by atoms with E-state index >= 15 is 0 Å². The largest absolute Gasteiger partial charge is 2.00 e. The fraction of sp³-hybridized carbons (Fsp3) is 0.500. The SMILES string of the molecule is CC(=O)[O-].O=[N+]([O-])[O-].[Mn+2]. The van der Waals surface area contributed by atoms with Crippen molar-refractivity contribution >= 4 is 5.97 Å². The molecule has 0 saturated heterocycles. The Bertz CT molecular complexity index is 73.0. The van der Waals surface area contributed by atoms with E-state index < -0.39 is 11.1 Å². The summed E-state index contributed by atoms with van der Waals surface area (Å²) >= 11 is 0. The van der Waals surface area contributed by atoms with Crippen LogP contribution in [-0.4, -0.2) is 11.1 Å².